The van der Waals surface area contributed by atoms with Crippen LogP contribution in [-0.4, -0.2) is 21.3 Å². The first-order valence-corrected chi connectivity index (χ1v) is 7.45. The molecular formula is C16H24N4. The number of rotatable bonds is 6. The first-order chi connectivity index (χ1) is 9.69. The molecule has 0 bridgehead atoms. The van der Waals surface area contributed by atoms with Gasteiger partial charge in [-0.1, -0.05) is 26.8 Å². The molecule has 2 heterocycles. The SMILES string of the molecule is CCNCc1ccc(-n2nc(CC)cc2CC)nc1C. The first-order valence-electron chi connectivity index (χ1n) is 7.45. The molecule has 0 radical (unpaired) electrons. The second-order valence-electron chi connectivity index (χ2n) is 4.94. The molecule has 0 aliphatic heterocycles. The Kier molecular flexibility index (Phi) is 4.90. The van der Waals surface area contributed by atoms with Crippen molar-refractivity contribution in [2.75, 3.05) is 6.54 Å². The molecule has 1 N–H and O–H groups in total. The van der Waals surface area contributed by atoms with Gasteiger partial charge in [0.05, 0.1) is 5.69 Å². The van der Waals surface area contributed by atoms with Gasteiger partial charge in [-0.2, -0.15) is 5.10 Å². The van der Waals surface area contributed by atoms with E-state index >= 15 is 0 Å². The summed E-state index contributed by atoms with van der Waals surface area (Å²) in [7, 11) is 0. The minimum absolute atomic E-state index is 0.871. The van der Waals surface area contributed by atoms with E-state index in [1.807, 2.05) is 4.68 Å². The van der Waals surface area contributed by atoms with Crippen LogP contribution in [0.2, 0.25) is 0 Å². The molecule has 0 saturated carbocycles. The Morgan fingerprint density at radius 2 is 1.95 bits per heavy atom. The Morgan fingerprint density at radius 1 is 1.15 bits per heavy atom. The molecule has 2 aromatic heterocycles. The van der Waals surface area contributed by atoms with Gasteiger partial charge in [-0.25, -0.2) is 9.67 Å². The van der Waals surface area contributed by atoms with Crippen molar-refractivity contribution in [3.63, 3.8) is 0 Å². The monoisotopic (exact) mass is 272 g/mol. The van der Waals surface area contributed by atoms with E-state index < -0.39 is 0 Å². The number of nitrogens with zero attached hydrogens (tertiary/aromatic N) is 3. The number of hydrogen-bond donors (Lipinski definition) is 1. The van der Waals surface area contributed by atoms with Crippen LogP contribution in [-0.2, 0) is 19.4 Å². The van der Waals surface area contributed by atoms with Crippen molar-refractivity contribution >= 4 is 0 Å². The Morgan fingerprint density at radius 3 is 2.55 bits per heavy atom. The fraction of sp³-hybridized carbons (Fsp3) is 0.500. The standard InChI is InChI=1S/C16H24N4/c1-5-14-10-15(6-2)20(19-14)16-9-8-13(11-17-7-3)12(4)18-16/h8-10,17H,5-7,11H2,1-4H3. The molecule has 0 fully saturated rings. The van der Waals surface area contributed by atoms with Crippen LogP contribution < -0.4 is 5.32 Å². The van der Waals surface area contributed by atoms with Gasteiger partial charge in [-0.3, -0.25) is 0 Å². The van der Waals surface area contributed by atoms with Crippen LogP contribution in [0.5, 0.6) is 0 Å². The molecule has 4 heteroatoms. The lowest BCUT2D eigenvalue weighted by Gasteiger charge is -2.10. The summed E-state index contributed by atoms with van der Waals surface area (Å²) in [6, 6.07) is 6.38. The van der Waals surface area contributed by atoms with Crippen molar-refractivity contribution in [2.45, 2.75) is 47.1 Å². The second-order valence-corrected chi connectivity index (χ2v) is 4.94. The van der Waals surface area contributed by atoms with Gasteiger partial charge in [0, 0.05) is 17.9 Å². The molecule has 0 atom stereocenters. The van der Waals surface area contributed by atoms with E-state index in [-0.39, 0.29) is 0 Å². The zero-order chi connectivity index (χ0) is 14.5. The smallest absolute Gasteiger partial charge is 0.153 e. The zero-order valence-electron chi connectivity index (χ0n) is 12.9. The van der Waals surface area contributed by atoms with E-state index in [4.69, 9.17) is 4.98 Å². The molecule has 108 valence electrons. The second kappa shape index (κ2) is 6.66. The fourth-order valence-electron chi connectivity index (χ4n) is 2.24. The topological polar surface area (TPSA) is 42.7 Å². The quantitative estimate of drug-likeness (QED) is 0.879. The molecule has 0 saturated heterocycles. The van der Waals surface area contributed by atoms with Gasteiger partial charge in [0.25, 0.3) is 0 Å². The van der Waals surface area contributed by atoms with E-state index in [2.05, 4.69) is 56.3 Å². The van der Waals surface area contributed by atoms with Crippen LogP contribution in [0.25, 0.3) is 5.82 Å². The molecule has 0 unspecified atom stereocenters. The number of nitrogens with one attached hydrogen (secondary N) is 1. The van der Waals surface area contributed by atoms with Crippen molar-refractivity contribution in [3.8, 4) is 5.82 Å². The summed E-state index contributed by atoms with van der Waals surface area (Å²) in [5.41, 5.74) is 4.65. The number of pyridine rings is 1. The third kappa shape index (κ3) is 3.07. The number of aromatic nitrogens is 3. The molecule has 4 nitrogen and oxygen atoms in total. The Bertz CT molecular complexity index is 572. The van der Waals surface area contributed by atoms with Gasteiger partial charge in [-0.15, -0.1) is 0 Å². The summed E-state index contributed by atoms with van der Waals surface area (Å²) in [5, 5.41) is 7.98. The van der Waals surface area contributed by atoms with Crippen molar-refractivity contribution in [1.29, 1.82) is 0 Å². The Balaban J connectivity index is 2.33. The normalized spacial score (nSPS) is 11.0. The molecule has 0 amide bonds. The van der Waals surface area contributed by atoms with Crippen molar-refractivity contribution in [1.82, 2.24) is 20.1 Å². The maximum absolute atomic E-state index is 4.71. The van der Waals surface area contributed by atoms with E-state index in [0.717, 1.165) is 43.1 Å². The van der Waals surface area contributed by atoms with Gasteiger partial charge in [0.1, 0.15) is 0 Å². The van der Waals surface area contributed by atoms with Crippen molar-refractivity contribution in [3.05, 3.63) is 40.8 Å². The van der Waals surface area contributed by atoms with Crippen LogP contribution >= 0.6 is 0 Å². The summed E-state index contributed by atoms with van der Waals surface area (Å²) >= 11 is 0. The van der Waals surface area contributed by atoms with E-state index in [0.29, 0.717) is 0 Å². The fourth-order valence-corrected chi connectivity index (χ4v) is 2.24. The summed E-state index contributed by atoms with van der Waals surface area (Å²) in [6.07, 6.45) is 1.92. The summed E-state index contributed by atoms with van der Waals surface area (Å²) in [6.45, 7) is 10.3. The molecule has 0 aliphatic rings. The van der Waals surface area contributed by atoms with Gasteiger partial charge in [-0.05, 0) is 44.0 Å². The van der Waals surface area contributed by atoms with Gasteiger partial charge >= 0.3 is 0 Å². The summed E-state index contributed by atoms with van der Waals surface area (Å²) in [4.78, 5) is 4.71. The minimum atomic E-state index is 0.871. The Hall–Kier alpha value is -1.68. The number of aryl methyl sites for hydroxylation is 3. The highest BCUT2D eigenvalue weighted by molar-refractivity contribution is 5.32. The molecule has 2 rings (SSSR count). The predicted octanol–water partition coefficient (Wildman–Crippen LogP) is 2.81. The highest BCUT2D eigenvalue weighted by Gasteiger charge is 2.09. The van der Waals surface area contributed by atoms with Crippen LogP contribution in [0.1, 0.15) is 43.4 Å². The lowest BCUT2D eigenvalue weighted by molar-refractivity contribution is 0.714. The third-order valence-corrected chi connectivity index (χ3v) is 3.52. The average Bonchev–Trinajstić information content (AvgIpc) is 2.89. The molecule has 0 aliphatic carbocycles. The number of hydrogen-bond acceptors (Lipinski definition) is 3. The first kappa shape index (κ1) is 14.7. The van der Waals surface area contributed by atoms with Gasteiger partial charge in [0.2, 0.25) is 0 Å². The highest BCUT2D eigenvalue weighted by Crippen LogP contribution is 2.15. The van der Waals surface area contributed by atoms with Gasteiger partial charge in [0.15, 0.2) is 5.82 Å². The van der Waals surface area contributed by atoms with Crippen LogP contribution in [0.4, 0.5) is 0 Å². The Labute approximate surface area is 121 Å². The minimum Gasteiger partial charge on any atom is -0.313 e. The van der Waals surface area contributed by atoms with Crippen molar-refractivity contribution in [2.24, 2.45) is 0 Å². The maximum atomic E-state index is 4.71. The molecule has 20 heavy (non-hydrogen) atoms. The van der Waals surface area contributed by atoms with E-state index in [1.165, 1.54) is 11.3 Å². The summed E-state index contributed by atoms with van der Waals surface area (Å²) in [5.74, 6) is 0.916. The largest absolute Gasteiger partial charge is 0.313 e. The average molecular weight is 272 g/mol. The summed E-state index contributed by atoms with van der Waals surface area (Å²) < 4.78 is 1.98. The molecule has 2 aromatic rings. The van der Waals surface area contributed by atoms with E-state index in [1.54, 1.807) is 0 Å². The molecule has 0 spiro atoms. The van der Waals surface area contributed by atoms with Crippen LogP contribution in [0.15, 0.2) is 18.2 Å². The highest BCUT2D eigenvalue weighted by atomic mass is 15.3. The maximum Gasteiger partial charge on any atom is 0.153 e. The van der Waals surface area contributed by atoms with Gasteiger partial charge < -0.3 is 5.32 Å². The molecule has 0 aromatic carbocycles. The van der Waals surface area contributed by atoms with Crippen LogP contribution in [0, 0.1) is 6.92 Å². The van der Waals surface area contributed by atoms with E-state index in [9.17, 15) is 0 Å². The van der Waals surface area contributed by atoms with Crippen molar-refractivity contribution < 1.29 is 0 Å². The lowest BCUT2D eigenvalue weighted by Crippen LogP contribution is -2.14. The zero-order valence-corrected chi connectivity index (χ0v) is 12.9. The predicted molar refractivity (Wildman–Crippen MR) is 82.2 cm³/mol. The lowest BCUT2D eigenvalue weighted by atomic mass is 10.2. The third-order valence-electron chi connectivity index (χ3n) is 3.52. The van der Waals surface area contributed by atoms with Crippen LogP contribution in [0.3, 0.4) is 0 Å². The molecular weight excluding hydrogens is 248 g/mol.